The van der Waals surface area contributed by atoms with Crippen LogP contribution in [0, 0.1) is 0 Å². The summed E-state index contributed by atoms with van der Waals surface area (Å²) >= 11 is 0. The molecule has 0 heterocycles. The fraction of sp³-hybridized carbons (Fsp3) is 1.00. The molecule has 6 heteroatoms. The molecule has 0 spiro atoms. The second kappa shape index (κ2) is 7.18. The first-order chi connectivity index (χ1) is 7.72. The van der Waals surface area contributed by atoms with E-state index in [1.54, 1.807) is 11.9 Å². The summed E-state index contributed by atoms with van der Waals surface area (Å²) in [4.78, 5) is 1.64. The highest BCUT2D eigenvalue weighted by molar-refractivity contribution is 4.81. The second-order valence-corrected chi connectivity index (χ2v) is 4.65. The molecule has 17 heavy (non-hydrogen) atoms. The van der Waals surface area contributed by atoms with Crippen LogP contribution in [0.4, 0.5) is 13.2 Å². The van der Waals surface area contributed by atoms with E-state index in [1.807, 2.05) is 6.92 Å². The van der Waals surface area contributed by atoms with Crippen LogP contribution in [0.5, 0.6) is 0 Å². The van der Waals surface area contributed by atoms with Crippen LogP contribution in [-0.4, -0.2) is 48.5 Å². The first-order valence-corrected chi connectivity index (χ1v) is 5.87. The molecule has 3 nitrogen and oxygen atoms in total. The molecular weight excluding hydrogens is 233 g/mol. The Labute approximate surface area is 101 Å². The number of hydrogen-bond donors (Lipinski definition) is 2. The van der Waals surface area contributed by atoms with Crippen molar-refractivity contribution in [2.24, 2.45) is 5.73 Å². The van der Waals surface area contributed by atoms with Crippen LogP contribution in [0.3, 0.4) is 0 Å². The molecule has 0 aromatic heterocycles. The topological polar surface area (TPSA) is 49.5 Å². The van der Waals surface area contributed by atoms with Crippen LogP contribution in [-0.2, 0) is 0 Å². The van der Waals surface area contributed by atoms with Crippen molar-refractivity contribution in [3.8, 4) is 0 Å². The second-order valence-electron chi connectivity index (χ2n) is 4.65. The quantitative estimate of drug-likeness (QED) is 0.695. The number of nitrogens with zero attached hydrogens (tertiary/aromatic N) is 1. The van der Waals surface area contributed by atoms with Gasteiger partial charge < -0.3 is 15.7 Å². The first-order valence-electron chi connectivity index (χ1n) is 5.87. The van der Waals surface area contributed by atoms with E-state index in [1.165, 1.54) is 0 Å². The minimum Gasteiger partial charge on any atom is -0.394 e. The molecule has 0 aromatic carbocycles. The third-order valence-electron chi connectivity index (χ3n) is 3.01. The Morgan fingerprint density at radius 3 is 2.18 bits per heavy atom. The number of aliphatic hydroxyl groups excluding tert-OH is 1. The fourth-order valence-electron chi connectivity index (χ4n) is 1.50. The highest BCUT2D eigenvalue weighted by Gasteiger charge is 2.27. The molecule has 104 valence electrons. The van der Waals surface area contributed by atoms with Crippen LogP contribution >= 0.6 is 0 Å². The Kier molecular flexibility index (Phi) is 7.04. The van der Waals surface area contributed by atoms with Crippen molar-refractivity contribution < 1.29 is 18.3 Å². The Morgan fingerprint density at radius 2 is 1.76 bits per heavy atom. The monoisotopic (exact) mass is 256 g/mol. The normalized spacial score (nSPS) is 16.2. The van der Waals surface area contributed by atoms with Gasteiger partial charge in [-0.1, -0.05) is 6.92 Å². The van der Waals surface area contributed by atoms with Crippen molar-refractivity contribution >= 4 is 0 Å². The van der Waals surface area contributed by atoms with Gasteiger partial charge in [0.2, 0.25) is 0 Å². The number of aliphatic hydroxyl groups is 1. The smallest absolute Gasteiger partial charge is 0.390 e. The van der Waals surface area contributed by atoms with Gasteiger partial charge in [-0.2, -0.15) is 13.2 Å². The Balaban J connectivity index is 3.74. The SMILES string of the molecule is CCC(N)(CO)CCCN(C)CCC(F)(F)F. The van der Waals surface area contributed by atoms with Crippen LogP contribution in [0.25, 0.3) is 0 Å². The van der Waals surface area contributed by atoms with Gasteiger partial charge in [-0.05, 0) is 32.9 Å². The molecule has 0 aliphatic rings. The summed E-state index contributed by atoms with van der Waals surface area (Å²) in [5, 5.41) is 9.07. The molecule has 0 saturated carbocycles. The van der Waals surface area contributed by atoms with Crippen LogP contribution in [0.15, 0.2) is 0 Å². The average Bonchev–Trinajstić information content (AvgIpc) is 2.25. The molecule has 1 atom stereocenters. The van der Waals surface area contributed by atoms with Crippen molar-refractivity contribution in [2.75, 3.05) is 26.7 Å². The van der Waals surface area contributed by atoms with Gasteiger partial charge in [-0.3, -0.25) is 0 Å². The summed E-state index contributed by atoms with van der Waals surface area (Å²) in [6.45, 7) is 2.38. The number of halogens is 3. The van der Waals surface area contributed by atoms with Crippen LogP contribution in [0.1, 0.15) is 32.6 Å². The predicted molar refractivity (Wildman–Crippen MR) is 61.7 cm³/mol. The van der Waals surface area contributed by atoms with E-state index in [2.05, 4.69) is 0 Å². The molecule has 0 saturated heterocycles. The van der Waals surface area contributed by atoms with Gasteiger partial charge >= 0.3 is 6.18 Å². The van der Waals surface area contributed by atoms with Crippen molar-refractivity contribution in [1.82, 2.24) is 4.90 Å². The largest absolute Gasteiger partial charge is 0.394 e. The summed E-state index contributed by atoms with van der Waals surface area (Å²) in [5.74, 6) is 0. The van der Waals surface area contributed by atoms with Gasteiger partial charge in [-0.15, -0.1) is 0 Å². The molecule has 0 amide bonds. The van der Waals surface area contributed by atoms with E-state index >= 15 is 0 Å². The lowest BCUT2D eigenvalue weighted by Crippen LogP contribution is -2.43. The zero-order chi connectivity index (χ0) is 13.5. The van der Waals surface area contributed by atoms with Crippen molar-refractivity contribution in [3.05, 3.63) is 0 Å². The van der Waals surface area contributed by atoms with Gasteiger partial charge in [0.05, 0.1) is 13.0 Å². The minimum absolute atomic E-state index is 0.00627. The average molecular weight is 256 g/mol. The molecule has 0 aromatic rings. The Hall–Kier alpha value is -0.330. The number of alkyl halides is 3. The zero-order valence-corrected chi connectivity index (χ0v) is 10.6. The minimum atomic E-state index is -4.10. The van der Waals surface area contributed by atoms with Gasteiger partial charge in [-0.25, -0.2) is 0 Å². The summed E-state index contributed by atoms with van der Waals surface area (Å²) in [7, 11) is 1.66. The standard InChI is InChI=1S/C11H23F3N2O/c1-3-10(15,9-17)5-4-7-16(2)8-6-11(12,13)14/h17H,3-9,15H2,1-2H3. The molecule has 0 fully saturated rings. The van der Waals surface area contributed by atoms with E-state index in [-0.39, 0.29) is 13.2 Å². The van der Waals surface area contributed by atoms with E-state index < -0.39 is 18.1 Å². The molecule has 0 rings (SSSR count). The van der Waals surface area contributed by atoms with Gasteiger partial charge in [0, 0.05) is 12.1 Å². The highest BCUT2D eigenvalue weighted by Crippen LogP contribution is 2.19. The van der Waals surface area contributed by atoms with Crippen molar-refractivity contribution in [1.29, 1.82) is 0 Å². The lowest BCUT2D eigenvalue weighted by molar-refractivity contribution is -0.137. The maximum Gasteiger partial charge on any atom is 0.390 e. The molecule has 3 N–H and O–H groups in total. The molecule has 0 radical (unpaired) electrons. The van der Waals surface area contributed by atoms with Gasteiger partial charge in [0.25, 0.3) is 0 Å². The lowest BCUT2D eigenvalue weighted by atomic mass is 9.92. The maximum atomic E-state index is 12.0. The van der Waals surface area contributed by atoms with E-state index in [4.69, 9.17) is 10.8 Å². The summed E-state index contributed by atoms with van der Waals surface area (Å²) in [6, 6.07) is 0. The van der Waals surface area contributed by atoms with E-state index in [9.17, 15) is 13.2 Å². The van der Waals surface area contributed by atoms with Gasteiger partial charge in [0.15, 0.2) is 0 Å². The Bertz CT molecular complexity index is 205. The zero-order valence-electron chi connectivity index (χ0n) is 10.6. The van der Waals surface area contributed by atoms with Crippen LogP contribution in [0.2, 0.25) is 0 Å². The number of hydrogen-bond acceptors (Lipinski definition) is 3. The number of nitrogens with two attached hydrogens (primary N) is 1. The van der Waals surface area contributed by atoms with Crippen molar-refractivity contribution in [3.63, 3.8) is 0 Å². The molecule has 0 aliphatic carbocycles. The van der Waals surface area contributed by atoms with Crippen LogP contribution < -0.4 is 5.73 Å². The van der Waals surface area contributed by atoms with Crippen molar-refractivity contribution in [2.45, 2.75) is 44.3 Å². The first kappa shape index (κ1) is 16.7. The Morgan fingerprint density at radius 1 is 1.18 bits per heavy atom. The summed E-state index contributed by atoms with van der Waals surface area (Å²) in [6.07, 6.45) is -2.91. The molecule has 0 aliphatic heterocycles. The van der Waals surface area contributed by atoms with E-state index in [0.29, 0.717) is 25.8 Å². The predicted octanol–water partition coefficient (Wildman–Crippen LogP) is 1.75. The maximum absolute atomic E-state index is 12.0. The number of rotatable bonds is 8. The lowest BCUT2D eigenvalue weighted by Gasteiger charge is -2.26. The molecular formula is C11H23F3N2O. The fourth-order valence-corrected chi connectivity index (χ4v) is 1.50. The summed E-state index contributed by atoms with van der Waals surface area (Å²) in [5.41, 5.74) is 5.29. The molecule has 1 unspecified atom stereocenters. The third kappa shape index (κ3) is 8.40. The van der Waals surface area contributed by atoms with Gasteiger partial charge in [0.1, 0.15) is 0 Å². The van der Waals surface area contributed by atoms with E-state index in [0.717, 1.165) is 0 Å². The third-order valence-corrected chi connectivity index (χ3v) is 3.01. The highest BCUT2D eigenvalue weighted by atomic mass is 19.4. The summed E-state index contributed by atoms with van der Waals surface area (Å²) < 4.78 is 35.9. The molecule has 0 bridgehead atoms.